The van der Waals surface area contributed by atoms with E-state index in [4.69, 9.17) is 11.6 Å². The first-order chi connectivity index (χ1) is 14.8. The standard InChI is InChI=1S/C20H16ClN5O3S2/c1-25-17-15(19(28)26(2)20(25)29)18(24-16(23-17)13-4-3-9-30-13)31-10-14(27)22-12-7-5-11(21)6-8-12/h3-9H,10H2,1-2H3,(H,22,27). The van der Waals surface area contributed by atoms with E-state index in [2.05, 4.69) is 15.3 Å². The third-order valence-corrected chi connectivity index (χ3v) is 6.57. The fourth-order valence-electron chi connectivity index (χ4n) is 2.91. The Morgan fingerprint density at radius 1 is 1.13 bits per heavy atom. The topological polar surface area (TPSA) is 98.9 Å². The molecule has 4 aromatic rings. The summed E-state index contributed by atoms with van der Waals surface area (Å²) < 4.78 is 2.32. The van der Waals surface area contributed by atoms with Crippen LogP contribution in [-0.2, 0) is 18.9 Å². The normalized spacial score (nSPS) is 11.1. The molecule has 1 aromatic carbocycles. The highest BCUT2D eigenvalue weighted by Crippen LogP contribution is 2.28. The Kier molecular flexibility index (Phi) is 5.94. The molecule has 3 heterocycles. The van der Waals surface area contributed by atoms with Gasteiger partial charge in [0.1, 0.15) is 10.4 Å². The average Bonchev–Trinajstić information content (AvgIpc) is 3.31. The molecule has 0 saturated heterocycles. The van der Waals surface area contributed by atoms with Crippen molar-refractivity contribution in [3.63, 3.8) is 0 Å². The molecule has 1 amide bonds. The largest absolute Gasteiger partial charge is 0.332 e. The Morgan fingerprint density at radius 2 is 1.87 bits per heavy atom. The lowest BCUT2D eigenvalue weighted by Gasteiger charge is -2.11. The van der Waals surface area contributed by atoms with Gasteiger partial charge >= 0.3 is 5.69 Å². The van der Waals surface area contributed by atoms with Crippen LogP contribution in [0.5, 0.6) is 0 Å². The highest BCUT2D eigenvalue weighted by molar-refractivity contribution is 8.00. The predicted molar refractivity (Wildman–Crippen MR) is 124 cm³/mol. The summed E-state index contributed by atoms with van der Waals surface area (Å²) in [6.07, 6.45) is 0. The number of carbonyl (C=O) groups is 1. The number of thioether (sulfide) groups is 1. The smallest absolute Gasteiger partial charge is 0.325 e. The van der Waals surface area contributed by atoms with E-state index in [0.29, 0.717) is 21.6 Å². The molecule has 31 heavy (non-hydrogen) atoms. The van der Waals surface area contributed by atoms with Crippen molar-refractivity contribution in [1.29, 1.82) is 0 Å². The summed E-state index contributed by atoms with van der Waals surface area (Å²) in [6, 6.07) is 10.5. The molecule has 8 nitrogen and oxygen atoms in total. The summed E-state index contributed by atoms with van der Waals surface area (Å²) >= 11 is 8.43. The van der Waals surface area contributed by atoms with Gasteiger partial charge in [0.2, 0.25) is 5.91 Å². The Morgan fingerprint density at radius 3 is 2.55 bits per heavy atom. The molecule has 0 aliphatic heterocycles. The maximum absolute atomic E-state index is 12.8. The van der Waals surface area contributed by atoms with Crippen molar-refractivity contribution in [3.8, 4) is 10.7 Å². The quantitative estimate of drug-likeness (QED) is 0.353. The number of benzene rings is 1. The summed E-state index contributed by atoms with van der Waals surface area (Å²) in [4.78, 5) is 47.5. The molecule has 0 spiro atoms. The molecular formula is C20H16ClN5O3S2. The van der Waals surface area contributed by atoms with Crippen LogP contribution < -0.4 is 16.6 Å². The number of anilines is 1. The van der Waals surface area contributed by atoms with E-state index in [9.17, 15) is 14.4 Å². The predicted octanol–water partition coefficient (Wildman–Crippen LogP) is 3.14. The summed E-state index contributed by atoms with van der Waals surface area (Å²) in [5.74, 6) is 0.148. The fourth-order valence-corrected chi connectivity index (χ4v) is 4.51. The zero-order chi connectivity index (χ0) is 22.1. The number of rotatable bonds is 5. The summed E-state index contributed by atoms with van der Waals surface area (Å²) in [5.41, 5.74) is -0.145. The minimum absolute atomic E-state index is 0.0185. The van der Waals surface area contributed by atoms with Crippen LogP contribution in [0.1, 0.15) is 0 Å². The average molecular weight is 474 g/mol. The summed E-state index contributed by atoms with van der Waals surface area (Å²) in [7, 11) is 2.95. The molecule has 0 unspecified atom stereocenters. The molecule has 0 aliphatic carbocycles. The highest BCUT2D eigenvalue weighted by atomic mass is 35.5. The number of nitrogens with zero attached hydrogens (tertiary/aromatic N) is 4. The van der Waals surface area contributed by atoms with Crippen molar-refractivity contribution in [1.82, 2.24) is 19.1 Å². The van der Waals surface area contributed by atoms with Crippen molar-refractivity contribution >= 4 is 57.3 Å². The van der Waals surface area contributed by atoms with E-state index in [0.717, 1.165) is 21.2 Å². The second-order valence-electron chi connectivity index (χ2n) is 6.58. The van der Waals surface area contributed by atoms with Crippen LogP contribution in [0.3, 0.4) is 0 Å². The minimum atomic E-state index is -0.503. The second kappa shape index (κ2) is 8.66. The Balaban J connectivity index is 1.73. The van der Waals surface area contributed by atoms with E-state index in [1.165, 1.54) is 23.0 Å². The zero-order valence-electron chi connectivity index (χ0n) is 16.5. The van der Waals surface area contributed by atoms with Gasteiger partial charge in [-0.1, -0.05) is 29.4 Å². The molecule has 158 valence electrons. The van der Waals surface area contributed by atoms with Gasteiger partial charge in [0, 0.05) is 24.8 Å². The lowest BCUT2D eigenvalue weighted by Crippen LogP contribution is -2.37. The van der Waals surface area contributed by atoms with Gasteiger partial charge in [0.25, 0.3) is 5.56 Å². The monoisotopic (exact) mass is 473 g/mol. The molecule has 0 bridgehead atoms. The number of aryl methyl sites for hydroxylation is 1. The van der Waals surface area contributed by atoms with E-state index in [1.807, 2.05) is 17.5 Å². The number of thiophene rings is 1. The molecular weight excluding hydrogens is 458 g/mol. The summed E-state index contributed by atoms with van der Waals surface area (Å²) in [6.45, 7) is 0. The molecule has 1 N–H and O–H groups in total. The molecule has 0 saturated carbocycles. The van der Waals surface area contributed by atoms with Gasteiger partial charge in [-0.3, -0.25) is 18.7 Å². The SMILES string of the molecule is Cn1c(=O)c2c(SCC(=O)Nc3ccc(Cl)cc3)nc(-c3cccs3)nc2n(C)c1=O. The first-order valence-corrected chi connectivity index (χ1v) is 11.3. The van der Waals surface area contributed by atoms with E-state index in [1.54, 1.807) is 31.3 Å². The van der Waals surface area contributed by atoms with Gasteiger partial charge in [-0.15, -0.1) is 11.3 Å². The molecule has 3 aromatic heterocycles. The van der Waals surface area contributed by atoms with Gasteiger partial charge in [0.05, 0.1) is 10.6 Å². The number of aromatic nitrogens is 4. The first-order valence-electron chi connectivity index (χ1n) is 9.05. The van der Waals surface area contributed by atoms with Gasteiger partial charge in [-0.25, -0.2) is 14.8 Å². The van der Waals surface area contributed by atoms with Crippen LogP contribution in [0.4, 0.5) is 5.69 Å². The Labute approximate surface area is 189 Å². The van der Waals surface area contributed by atoms with E-state index in [-0.39, 0.29) is 22.7 Å². The fraction of sp³-hybridized carbons (Fsp3) is 0.150. The molecule has 4 rings (SSSR count). The van der Waals surface area contributed by atoms with Gasteiger partial charge in [-0.2, -0.15) is 0 Å². The van der Waals surface area contributed by atoms with E-state index < -0.39 is 11.2 Å². The maximum atomic E-state index is 12.8. The number of carbonyl (C=O) groups excluding carboxylic acids is 1. The van der Waals surface area contributed by atoms with Gasteiger partial charge < -0.3 is 5.32 Å². The van der Waals surface area contributed by atoms with Crippen LogP contribution >= 0.6 is 34.7 Å². The lowest BCUT2D eigenvalue weighted by atomic mass is 10.3. The first kappa shape index (κ1) is 21.3. The third kappa shape index (κ3) is 4.27. The molecule has 0 aliphatic rings. The molecule has 0 radical (unpaired) electrons. The van der Waals surface area contributed by atoms with Crippen molar-refractivity contribution in [2.75, 3.05) is 11.1 Å². The number of hydrogen-bond donors (Lipinski definition) is 1. The van der Waals surface area contributed by atoms with Crippen LogP contribution in [0, 0.1) is 0 Å². The van der Waals surface area contributed by atoms with Crippen molar-refractivity contribution < 1.29 is 4.79 Å². The third-order valence-electron chi connectivity index (χ3n) is 4.48. The maximum Gasteiger partial charge on any atom is 0.332 e. The van der Waals surface area contributed by atoms with Crippen molar-refractivity contribution in [2.45, 2.75) is 5.03 Å². The minimum Gasteiger partial charge on any atom is -0.325 e. The van der Waals surface area contributed by atoms with Crippen LogP contribution in [0.2, 0.25) is 5.02 Å². The second-order valence-corrected chi connectivity index (χ2v) is 8.93. The van der Waals surface area contributed by atoms with Crippen LogP contribution in [-0.4, -0.2) is 30.8 Å². The Bertz CT molecular complexity index is 1400. The lowest BCUT2D eigenvalue weighted by molar-refractivity contribution is -0.113. The van der Waals surface area contributed by atoms with Gasteiger partial charge in [0.15, 0.2) is 11.5 Å². The van der Waals surface area contributed by atoms with Crippen LogP contribution in [0.15, 0.2) is 56.4 Å². The van der Waals surface area contributed by atoms with Crippen molar-refractivity contribution in [2.24, 2.45) is 14.1 Å². The highest BCUT2D eigenvalue weighted by Gasteiger charge is 2.19. The Hall–Kier alpha value is -2.95. The number of hydrogen-bond acceptors (Lipinski definition) is 7. The molecule has 0 fully saturated rings. The van der Waals surface area contributed by atoms with Gasteiger partial charge in [-0.05, 0) is 35.7 Å². The van der Waals surface area contributed by atoms with E-state index >= 15 is 0 Å². The zero-order valence-corrected chi connectivity index (χ0v) is 18.8. The summed E-state index contributed by atoms with van der Waals surface area (Å²) in [5, 5.41) is 5.78. The molecule has 0 atom stereocenters. The number of amides is 1. The molecule has 11 heteroatoms. The number of fused-ring (bicyclic) bond motifs is 1. The number of nitrogens with one attached hydrogen (secondary N) is 1. The van der Waals surface area contributed by atoms with Crippen molar-refractivity contribution in [3.05, 3.63) is 67.6 Å². The number of halogens is 1. The van der Waals surface area contributed by atoms with Crippen LogP contribution in [0.25, 0.3) is 21.7 Å².